The maximum atomic E-state index is 13.0. The fourth-order valence-electron chi connectivity index (χ4n) is 2.43. The molecule has 0 saturated carbocycles. The van der Waals surface area contributed by atoms with Crippen molar-refractivity contribution in [1.29, 1.82) is 0 Å². The van der Waals surface area contributed by atoms with Gasteiger partial charge in [-0.1, -0.05) is 96.3 Å². The van der Waals surface area contributed by atoms with E-state index in [2.05, 4.69) is 5.43 Å². The zero-order valence-corrected chi connectivity index (χ0v) is 24.2. The topological polar surface area (TPSA) is 97.4 Å². The number of ether oxygens (including phenoxy) is 3. The first-order valence-electron chi connectivity index (χ1n) is 10.4. The summed E-state index contributed by atoms with van der Waals surface area (Å²) in [4.78, 5) is 39.7. The molecule has 0 saturated heterocycles. The Morgan fingerprint density at radius 3 is 1.82 bits per heavy atom. The van der Waals surface area contributed by atoms with Gasteiger partial charge in [-0.25, -0.2) is 19.8 Å². The summed E-state index contributed by atoms with van der Waals surface area (Å²) in [6.07, 6.45) is -1.91. The van der Waals surface area contributed by atoms with Gasteiger partial charge in [0, 0.05) is 6.54 Å². The van der Waals surface area contributed by atoms with Crippen molar-refractivity contribution in [2.45, 2.75) is 79.7 Å². The van der Waals surface area contributed by atoms with E-state index in [0.29, 0.717) is 12.8 Å². The minimum absolute atomic E-state index is 0.217. The highest BCUT2D eigenvalue weighted by Gasteiger charge is 2.37. The van der Waals surface area contributed by atoms with Gasteiger partial charge in [-0.3, -0.25) is 4.90 Å². The Morgan fingerprint density at radius 1 is 0.853 bits per heavy atom. The SMILES string of the molecule is CCCCN(C(=O)OC(C)(C)C)C(CCC)N(NC(=O)OCC(Cl)(Cl)Cl)C(=O)OCC(Cl)(Cl)Cl. The van der Waals surface area contributed by atoms with Gasteiger partial charge in [-0.2, -0.15) is 5.01 Å². The minimum Gasteiger partial charge on any atom is -0.444 e. The van der Waals surface area contributed by atoms with Crippen LogP contribution in [0.3, 0.4) is 0 Å². The third-order valence-electron chi connectivity index (χ3n) is 3.72. The molecule has 0 aliphatic heterocycles. The average Bonchev–Trinajstić information content (AvgIpc) is 2.65. The number of hydrazine groups is 1. The summed E-state index contributed by atoms with van der Waals surface area (Å²) in [7, 11) is 0. The van der Waals surface area contributed by atoms with Crippen LogP contribution in [0.2, 0.25) is 0 Å². The van der Waals surface area contributed by atoms with E-state index in [4.69, 9.17) is 83.8 Å². The standard InChI is InChI=1S/C19H31Cl6N3O6/c1-6-8-10-27(15(30)34-17(3,4)5)13(9-7-2)28(16(31)33-12-19(23,24)25)26-14(29)32-11-18(20,21)22/h13H,6-12H2,1-5H3,(H,26,29). The molecule has 0 heterocycles. The first-order valence-corrected chi connectivity index (χ1v) is 12.7. The van der Waals surface area contributed by atoms with Crippen molar-refractivity contribution in [3.8, 4) is 0 Å². The van der Waals surface area contributed by atoms with E-state index in [9.17, 15) is 14.4 Å². The first kappa shape index (κ1) is 33.5. The molecule has 0 rings (SSSR count). The molecule has 1 unspecified atom stereocenters. The minimum atomic E-state index is -1.91. The van der Waals surface area contributed by atoms with Gasteiger partial charge in [-0.15, -0.1) is 0 Å². The molecule has 9 nitrogen and oxygen atoms in total. The molecule has 0 radical (unpaired) electrons. The molecule has 0 aromatic rings. The van der Waals surface area contributed by atoms with E-state index in [1.54, 1.807) is 20.8 Å². The van der Waals surface area contributed by atoms with Crippen molar-refractivity contribution in [3.63, 3.8) is 0 Å². The van der Waals surface area contributed by atoms with Crippen LogP contribution >= 0.6 is 69.6 Å². The molecule has 200 valence electrons. The number of carbonyl (C=O) groups excluding carboxylic acids is 3. The second-order valence-electron chi connectivity index (χ2n) is 8.14. The lowest BCUT2D eigenvalue weighted by Gasteiger charge is -2.39. The fourth-order valence-corrected chi connectivity index (χ4v) is 2.75. The van der Waals surface area contributed by atoms with Gasteiger partial charge >= 0.3 is 18.3 Å². The van der Waals surface area contributed by atoms with Crippen molar-refractivity contribution in [1.82, 2.24) is 15.3 Å². The molecule has 0 fully saturated rings. The van der Waals surface area contributed by atoms with Gasteiger partial charge in [0.2, 0.25) is 7.59 Å². The summed E-state index contributed by atoms with van der Waals surface area (Å²) in [6, 6.07) is 0. The molecule has 0 aliphatic rings. The Labute approximate surface area is 230 Å². The zero-order chi connectivity index (χ0) is 26.7. The number of amides is 3. The maximum absolute atomic E-state index is 13.0. The number of unbranched alkanes of at least 4 members (excludes halogenated alkanes) is 1. The van der Waals surface area contributed by atoms with E-state index in [0.717, 1.165) is 11.4 Å². The molecule has 0 aromatic heterocycles. The zero-order valence-electron chi connectivity index (χ0n) is 19.6. The van der Waals surface area contributed by atoms with Crippen molar-refractivity contribution < 1.29 is 28.6 Å². The summed E-state index contributed by atoms with van der Waals surface area (Å²) in [6.45, 7) is 7.86. The predicted octanol–water partition coefficient (Wildman–Crippen LogP) is 6.97. The Hall–Kier alpha value is -0.450. The van der Waals surface area contributed by atoms with Crippen molar-refractivity contribution in [2.75, 3.05) is 19.8 Å². The van der Waals surface area contributed by atoms with Crippen molar-refractivity contribution in [3.05, 3.63) is 0 Å². The molecular weight excluding hydrogens is 579 g/mol. The number of rotatable bonds is 9. The van der Waals surface area contributed by atoms with Crippen molar-refractivity contribution >= 4 is 87.9 Å². The molecule has 34 heavy (non-hydrogen) atoms. The second kappa shape index (κ2) is 15.0. The molecule has 0 aliphatic carbocycles. The number of halogens is 6. The summed E-state index contributed by atoms with van der Waals surface area (Å²) >= 11 is 33.9. The largest absolute Gasteiger partial charge is 0.444 e. The maximum Gasteiger partial charge on any atom is 0.430 e. The Kier molecular flexibility index (Phi) is 14.8. The Morgan fingerprint density at radius 2 is 1.38 bits per heavy atom. The third-order valence-corrected chi connectivity index (χ3v) is 4.37. The van der Waals surface area contributed by atoms with Gasteiger partial charge in [0.25, 0.3) is 0 Å². The average molecular weight is 610 g/mol. The fraction of sp³-hybridized carbons (Fsp3) is 0.842. The Bertz CT molecular complexity index is 666. The molecule has 15 heteroatoms. The first-order chi connectivity index (χ1) is 15.4. The molecule has 1 N–H and O–H groups in total. The van der Waals surface area contributed by atoms with Crippen LogP contribution in [-0.2, 0) is 14.2 Å². The van der Waals surface area contributed by atoms with E-state index in [-0.39, 0.29) is 13.0 Å². The van der Waals surface area contributed by atoms with E-state index < -0.39 is 50.8 Å². The van der Waals surface area contributed by atoms with Gasteiger partial charge in [0.1, 0.15) is 25.0 Å². The van der Waals surface area contributed by atoms with E-state index in [1.807, 2.05) is 13.8 Å². The monoisotopic (exact) mass is 607 g/mol. The molecule has 1 atom stereocenters. The van der Waals surface area contributed by atoms with Crippen LogP contribution in [0.25, 0.3) is 0 Å². The third kappa shape index (κ3) is 15.5. The highest BCUT2D eigenvalue weighted by Crippen LogP contribution is 2.27. The smallest absolute Gasteiger partial charge is 0.430 e. The normalized spacial score (nSPS) is 13.0. The van der Waals surface area contributed by atoms with Crippen LogP contribution in [0.15, 0.2) is 0 Å². The quantitative estimate of drug-likeness (QED) is 0.131. The van der Waals surface area contributed by atoms with Crippen LogP contribution in [0, 0.1) is 0 Å². The summed E-state index contributed by atoms with van der Waals surface area (Å²) < 4.78 is 11.6. The molecule has 3 amide bonds. The van der Waals surface area contributed by atoms with Crippen LogP contribution < -0.4 is 5.43 Å². The highest BCUT2D eigenvalue weighted by atomic mass is 35.6. The predicted molar refractivity (Wildman–Crippen MR) is 135 cm³/mol. The highest BCUT2D eigenvalue weighted by molar-refractivity contribution is 6.68. The number of hydrogen-bond acceptors (Lipinski definition) is 6. The summed E-state index contributed by atoms with van der Waals surface area (Å²) in [5, 5.41) is 0.764. The molecule has 0 spiro atoms. The van der Waals surface area contributed by atoms with Crippen LogP contribution in [-0.4, -0.2) is 67.3 Å². The number of nitrogens with zero attached hydrogens (tertiary/aromatic N) is 2. The van der Waals surface area contributed by atoms with Gasteiger partial charge < -0.3 is 14.2 Å². The van der Waals surface area contributed by atoms with E-state index in [1.165, 1.54) is 4.90 Å². The number of nitrogens with one attached hydrogen (secondary N) is 1. The lowest BCUT2D eigenvalue weighted by molar-refractivity contribution is -0.0283. The molecule has 0 aromatic carbocycles. The second-order valence-corrected chi connectivity index (χ2v) is 13.2. The Balaban J connectivity index is 6.08. The summed E-state index contributed by atoms with van der Waals surface area (Å²) in [5.74, 6) is 0. The molecule has 0 bridgehead atoms. The summed E-state index contributed by atoms with van der Waals surface area (Å²) in [5.41, 5.74) is 1.42. The number of carbonyl (C=O) groups is 3. The van der Waals surface area contributed by atoms with Crippen LogP contribution in [0.1, 0.15) is 60.3 Å². The van der Waals surface area contributed by atoms with Crippen LogP contribution in [0.5, 0.6) is 0 Å². The van der Waals surface area contributed by atoms with Gasteiger partial charge in [0.05, 0.1) is 0 Å². The number of hydrogen-bond donors (Lipinski definition) is 1. The lowest BCUT2D eigenvalue weighted by Crippen LogP contribution is -2.60. The number of alkyl halides is 6. The van der Waals surface area contributed by atoms with Gasteiger partial charge in [0.15, 0.2) is 0 Å². The van der Waals surface area contributed by atoms with Crippen molar-refractivity contribution in [2.24, 2.45) is 0 Å². The molecular formula is C19H31Cl6N3O6. The van der Waals surface area contributed by atoms with E-state index >= 15 is 0 Å². The van der Waals surface area contributed by atoms with Crippen LogP contribution in [0.4, 0.5) is 14.4 Å². The lowest BCUT2D eigenvalue weighted by atomic mass is 10.2. The van der Waals surface area contributed by atoms with Gasteiger partial charge in [-0.05, 0) is 33.6 Å².